The number of nitrogens with two attached hydrogens (primary N) is 1. The first-order chi connectivity index (χ1) is 8.49. The van der Waals surface area contributed by atoms with Crippen LogP contribution in [0.4, 0.5) is 5.69 Å². The van der Waals surface area contributed by atoms with Crippen LogP contribution in [0.5, 0.6) is 11.5 Å². The van der Waals surface area contributed by atoms with Gasteiger partial charge in [-0.05, 0) is 30.0 Å². The van der Waals surface area contributed by atoms with Crippen LogP contribution in [0.25, 0.3) is 0 Å². The molecule has 108 valence electrons. The molecule has 0 saturated heterocycles. The molecule has 0 radical (unpaired) electrons. The van der Waals surface area contributed by atoms with Gasteiger partial charge < -0.3 is 20.3 Å². The summed E-state index contributed by atoms with van der Waals surface area (Å²) in [7, 11) is 3.07. The first kappa shape index (κ1) is 17.4. The zero-order valence-electron chi connectivity index (χ0n) is 11.3. The van der Waals surface area contributed by atoms with E-state index in [4.69, 9.17) is 20.3 Å². The van der Waals surface area contributed by atoms with Crippen LogP contribution in [0.2, 0.25) is 0 Å². The van der Waals surface area contributed by atoms with Gasteiger partial charge in [-0.25, -0.2) is 0 Å². The minimum atomic E-state index is -0.796. The lowest BCUT2D eigenvalue weighted by atomic mass is 9.95. The second-order valence-corrected chi connectivity index (χ2v) is 4.18. The van der Waals surface area contributed by atoms with Gasteiger partial charge in [0.05, 0.1) is 19.9 Å². The Labute approximate surface area is 119 Å². The van der Waals surface area contributed by atoms with Gasteiger partial charge in [0.2, 0.25) is 0 Å². The summed E-state index contributed by atoms with van der Waals surface area (Å²) in [4.78, 5) is 10.6. The molecular weight excluding hydrogens is 270 g/mol. The third kappa shape index (κ3) is 4.52. The zero-order valence-corrected chi connectivity index (χ0v) is 12.1. The number of rotatable bonds is 6. The predicted octanol–water partition coefficient (Wildman–Crippen LogP) is 2.68. The van der Waals surface area contributed by atoms with E-state index in [1.54, 1.807) is 13.2 Å². The van der Waals surface area contributed by atoms with Crippen molar-refractivity contribution in [3.63, 3.8) is 0 Å². The van der Waals surface area contributed by atoms with Crippen molar-refractivity contribution in [1.82, 2.24) is 0 Å². The maximum atomic E-state index is 10.6. The molecule has 0 heterocycles. The number of nitrogen functional groups attached to an aromatic ring is 1. The van der Waals surface area contributed by atoms with E-state index < -0.39 is 5.97 Å². The number of benzene rings is 1. The van der Waals surface area contributed by atoms with Crippen molar-refractivity contribution in [3.05, 3.63) is 17.7 Å². The number of methoxy groups -OCH3 is 2. The van der Waals surface area contributed by atoms with E-state index in [-0.39, 0.29) is 24.7 Å². The number of anilines is 1. The van der Waals surface area contributed by atoms with Crippen LogP contribution >= 0.6 is 12.4 Å². The van der Waals surface area contributed by atoms with Crippen molar-refractivity contribution in [2.24, 2.45) is 0 Å². The zero-order chi connectivity index (χ0) is 13.7. The van der Waals surface area contributed by atoms with Crippen molar-refractivity contribution < 1.29 is 19.4 Å². The van der Waals surface area contributed by atoms with Gasteiger partial charge in [0, 0.05) is 6.42 Å². The molecule has 0 amide bonds. The topological polar surface area (TPSA) is 81.8 Å². The lowest BCUT2D eigenvalue weighted by molar-refractivity contribution is -0.137. The Hall–Kier alpha value is -1.62. The number of carboxylic acid groups (broad SMARTS) is 1. The van der Waals surface area contributed by atoms with E-state index in [0.717, 1.165) is 5.56 Å². The molecule has 1 rings (SSSR count). The number of hydrogen-bond acceptors (Lipinski definition) is 4. The molecule has 19 heavy (non-hydrogen) atoms. The molecule has 6 heteroatoms. The van der Waals surface area contributed by atoms with Gasteiger partial charge in [0.15, 0.2) is 11.5 Å². The fourth-order valence-corrected chi connectivity index (χ4v) is 1.81. The van der Waals surface area contributed by atoms with Crippen LogP contribution in [0.3, 0.4) is 0 Å². The largest absolute Gasteiger partial charge is 0.493 e. The molecule has 0 spiro atoms. The predicted molar refractivity (Wildman–Crippen MR) is 76.5 cm³/mol. The molecule has 0 aliphatic heterocycles. The summed E-state index contributed by atoms with van der Waals surface area (Å²) < 4.78 is 10.4. The van der Waals surface area contributed by atoms with Crippen LogP contribution < -0.4 is 15.2 Å². The summed E-state index contributed by atoms with van der Waals surface area (Å²) in [6, 6.07) is 3.63. The summed E-state index contributed by atoms with van der Waals surface area (Å²) in [6.45, 7) is 1.96. The smallest absolute Gasteiger partial charge is 0.303 e. The van der Waals surface area contributed by atoms with Gasteiger partial charge in [-0.3, -0.25) is 4.79 Å². The average molecular weight is 290 g/mol. The number of aliphatic carboxylic acids is 1. The summed E-state index contributed by atoms with van der Waals surface area (Å²) >= 11 is 0. The highest BCUT2D eigenvalue weighted by molar-refractivity contribution is 5.85. The quantitative estimate of drug-likeness (QED) is 0.787. The Morgan fingerprint density at radius 1 is 1.37 bits per heavy atom. The second kappa shape index (κ2) is 7.74. The van der Waals surface area contributed by atoms with Gasteiger partial charge in [-0.15, -0.1) is 12.4 Å². The van der Waals surface area contributed by atoms with Crippen LogP contribution in [0.1, 0.15) is 31.2 Å². The van der Waals surface area contributed by atoms with Crippen molar-refractivity contribution in [3.8, 4) is 11.5 Å². The van der Waals surface area contributed by atoms with Crippen molar-refractivity contribution in [1.29, 1.82) is 0 Å². The third-order valence-corrected chi connectivity index (χ3v) is 2.89. The molecule has 0 bridgehead atoms. The minimum absolute atomic E-state index is 0. The number of halogens is 1. The number of carbonyl (C=O) groups is 1. The molecule has 1 atom stereocenters. The Kier molecular flexibility index (Phi) is 7.08. The maximum absolute atomic E-state index is 10.6. The van der Waals surface area contributed by atoms with E-state index in [1.807, 2.05) is 13.0 Å². The first-order valence-corrected chi connectivity index (χ1v) is 5.72. The fourth-order valence-electron chi connectivity index (χ4n) is 1.81. The van der Waals surface area contributed by atoms with Crippen molar-refractivity contribution in [2.75, 3.05) is 20.0 Å². The summed E-state index contributed by atoms with van der Waals surface area (Å²) in [5.41, 5.74) is 7.33. The Morgan fingerprint density at radius 2 is 2.00 bits per heavy atom. The summed E-state index contributed by atoms with van der Waals surface area (Å²) in [5.74, 6) is 0.375. The van der Waals surface area contributed by atoms with Gasteiger partial charge in [-0.1, -0.05) is 6.92 Å². The van der Waals surface area contributed by atoms with Gasteiger partial charge in [-0.2, -0.15) is 0 Å². The Balaban J connectivity index is 0.00000324. The molecule has 0 saturated carbocycles. The van der Waals surface area contributed by atoms with Crippen molar-refractivity contribution >= 4 is 24.1 Å². The maximum Gasteiger partial charge on any atom is 0.303 e. The van der Waals surface area contributed by atoms with E-state index in [2.05, 4.69) is 0 Å². The number of hydrogen-bond donors (Lipinski definition) is 2. The second-order valence-electron chi connectivity index (χ2n) is 4.18. The molecule has 1 aromatic rings. The molecule has 0 aliphatic carbocycles. The highest BCUT2D eigenvalue weighted by Gasteiger charge is 2.14. The fraction of sp³-hybridized carbons (Fsp3) is 0.462. The van der Waals surface area contributed by atoms with E-state index in [9.17, 15) is 4.79 Å². The van der Waals surface area contributed by atoms with E-state index >= 15 is 0 Å². The van der Waals surface area contributed by atoms with Crippen LogP contribution in [-0.2, 0) is 4.79 Å². The van der Waals surface area contributed by atoms with Crippen molar-refractivity contribution in [2.45, 2.75) is 25.7 Å². The Bertz CT molecular complexity index is 437. The van der Waals surface area contributed by atoms with E-state index in [1.165, 1.54) is 7.11 Å². The van der Waals surface area contributed by atoms with Gasteiger partial charge >= 0.3 is 5.97 Å². The van der Waals surface area contributed by atoms with Crippen LogP contribution in [-0.4, -0.2) is 25.3 Å². The number of ether oxygens (including phenoxy) is 2. The molecule has 0 aliphatic rings. The first-order valence-electron chi connectivity index (χ1n) is 5.72. The summed E-state index contributed by atoms with van der Waals surface area (Å²) in [5, 5.41) is 8.68. The minimum Gasteiger partial charge on any atom is -0.493 e. The third-order valence-electron chi connectivity index (χ3n) is 2.89. The molecule has 5 nitrogen and oxygen atoms in total. The van der Waals surface area contributed by atoms with Crippen LogP contribution in [0.15, 0.2) is 12.1 Å². The molecule has 1 unspecified atom stereocenters. The highest BCUT2D eigenvalue weighted by Crippen LogP contribution is 2.37. The lowest BCUT2D eigenvalue weighted by Crippen LogP contribution is -2.03. The molecular formula is C13H20ClNO4. The Morgan fingerprint density at radius 3 is 2.47 bits per heavy atom. The molecule has 3 N–H and O–H groups in total. The summed E-state index contributed by atoms with van der Waals surface area (Å²) in [6.07, 6.45) is 0.694. The SMILES string of the molecule is COc1cc(C(C)CCC(=O)O)cc(N)c1OC.Cl. The highest BCUT2D eigenvalue weighted by atomic mass is 35.5. The lowest BCUT2D eigenvalue weighted by Gasteiger charge is -2.16. The van der Waals surface area contributed by atoms with E-state index in [0.29, 0.717) is 23.6 Å². The monoisotopic (exact) mass is 289 g/mol. The average Bonchev–Trinajstić information content (AvgIpc) is 2.34. The standard InChI is InChI=1S/C13H19NO4.ClH/c1-8(4-5-12(15)16)9-6-10(14)13(18-3)11(7-9)17-2;/h6-8H,4-5,14H2,1-3H3,(H,15,16);1H. The van der Waals surface area contributed by atoms with Gasteiger partial charge in [0.1, 0.15) is 0 Å². The molecule has 0 fully saturated rings. The van der Waals surface area contributed by atoms with Gasteiger partial charge in [0.25, 0.3) is 0 Å². The molecule has 0 aromatic heterocycles. The normalized spacial score (nSPS) is 11.3. The molecule has 1 aromatic carbocycles. The van der Waals surface area contributed by atoms with Crippen LogP contribution in [0, 0.1) is 0 Å². The number of carboxylic acids is 1.